The van der Waals surface area contributed by atoms with Gasteiger partial charge >= 0.3 is 5.69 Å². The molecule has 6 nitrogen and oxygen atoms in total. The van der Waals surface area contributed by atoms with Crippen molar-refractivity contribution in [3.63, 3.8) is 0 Å². The van der Waals surface area contributed by atoms with Crippen LogP contribution in [0.15, 0.2) is 29.1 Å². The van der Waals surface area contributed by atoms with Crippen molar-refractivity contribution in [1.29, 1.82) is 0 Å². The molecule has 3 saturated carbocycles. The minimum Gasteiger partial charge on any atom is -0.394 e. The molecule has 2 heterocycles. The van der Waals surface area contributed by atoms with Crippen LogP contribution in [0.5, 0.6) is 0 Å². The largest absolute Gasteiger partial charge is 0.394 e. The van der Waals surface area contributed by atoms with Crippen molar-refractivity contribution in [2.45, 2.75) is 63.6 Å². The molecule has 4 fully saturated rings. The van der Waals surface area contributed by atoms with Crippen LogP contribution < -0.4 is 5.69 Å². The number of aliphatic hydroxyl groups is 2. The van der Waals surface area contributed by atoms with E-state index in [4.69, 9.17) is 0 Å². The molecule has 1 aromatic carbocycles. The molecule has 2 aromatic rings. The van der Waals surface area contributed by atoms with Crippen molar-refractivity contribution in [2.24, 2.45) is 23.2 Å². The number of fused-ring (bicyclic) bond motifs is 4. The molecule has 1 spiro atoms. The summed E-state index contributed by atoms with van der Waals surface area (Å²) in [5.41, 5.74) is 2.45. The molecule has 3 unspecified atom stereocenters. The van der Waals surface area contributed by atoms with Gasteiger partial charge in [-0.15, -0.1) is 0 Å². The van der Waals surface area contributed by atoms with Crippen LogP contribution >= 0.6 is 0 Å². The van der Waals surface area contributed by atoms with Gasteiger partial charge in [-0.2, -0.15) is 0 Å². The summed E-state index contributed by atoms with van der Waals surface area (Å²) in [6, 6.07) is 8.06. The fraction of sp³-hybridized carbons (Fsp3) is 0.720. The van der Waals surface area contributed by atoms with Crippen molar-refractivity contribution in [2.75, 3.05) is 26.2 Å². The summed E-state index contributed by atoms with van der Waals surface area (Å²) >= 11 is 0. The Labute approximate surface area is 183 Å². The normalized spacial score (nSPS) is 31.1. The zero-order chi connectivity index (χ0) is 21.2. The Balaban J connectivity index is 1.19. The smallest absolute Gasteiger partial charge is 0.329 e. The van der Waals surface area contributed by atoms with E-state index in [1.54, 1.807) is 4.57 Å². The molecule has 31 heavy (non-hydrogen) atoms. The zero-order valence-corrected chi connectivity index (χ0v) is 18.3. The lowest BCUT2D eigenvalue weighted by atomic mass is 9.76. The third kappa shape index (κ3) is 3.13. The van der Waals surface area contributed by atoms with Crippen LogP contribution in [0.4, 0.5) is 0 Å². The standard InChI is InChI=1S/C25H35N3O3/c29-16-20(30)14-27-22-3-1-2-4-23(22)28(24(27)31)19-7-11-26(12-8-19)15-21-17-5-6-18(13-17)25(21)9-10-25/h1-4,17-21,29-30H,5-16H2/t17?,18?,20-,21?/m1/s1. The number of nitrogens with zero attached hydrogens (tertiary/aromatic N) is 3. The first-order valence-electron chi connectivity index (χ1n) is 12.3. The number of para-hydroxylation sites is 2. The molecule has 2 bridgehead atoms. The number of hydrogen-bond donors (Lipinski definition) is 2. The van der Waals surface area contributed by atoms with Gasteiger partial charge in [-0.05, 0) is 80.2 Å². The first kappa shape index (κ1) is 20.0. The number of hydrogen-bond acceptors (Lipinski definition) is 4. The summed E-state index contributed by atoms with van der Waals surface area (Å²) in [5.74, 6) is 2.93. The van der Waals surface area contributed by atoms with Crippen molar-refractivity contribution in [3.8, 4) is 0 Å². The van der Waals surface area contributed by atoms with Gasteiger partial charge in [0.15, 0.2) is 0 Å². The molecule has 6 rings (SSSR count). The molecule has 1 aromatic heterocycles. The predicted molar refractivity (Wildman–Crippen MR) is 120 cm³/mol. The van der Waals surface area contributed by atoms with Crippen LogP contribution in [0, 0.1) is 23.2 Å². The van der Waals surface area contributed by atoms with Gasteiger partial charge in [0, 0.05) is 25.7 Å². The molecule has 0 amide bonds. The van der Waals surface area contributed by atoms with Gasteiger partial charge in [0.2, 0.25) is 0 Å². The lowest BCUT2D eigenvalue weighted by molar-refractivity contribution is 0.0806. The number of aromatic nitrogens is 2. The van der Waals surface area contributed by atoms with E-state index < -0.39 is 6.10 Å². The van der Waals surface area contributed by atoms with Crippen LogP contribution in [0.25, 0.3) is 11.0 Å². The number of benzene rings is 1. The lowest BCUT2D eigenvalue weighted by Gasteiger charge is -2.39. The monoisotopic (exact) mass is 425 g/mol. The first-order chi connectivity index (χ1) is 15.1. The molecule has 1 saturated heterocycles. The average molecular weight is 426 g/mol. The van der Waals surface area contributed by atoms with E-state index >= 15 is 0 Å². The Kier molecular flexibility index (Phi) is 4.82. The maximum Gasteiger partial charge on any atom is 0.329 e. The van der Waals surface area contributed by atoms with E-state index in [9.17, 15) is 15.0 Å². The highest BCUT2D eigenvalue weighted by atomic mass is 16.3. The molecule has 6 heteroatoms. The van der Waals surface area contributed by atoms with E-state index in [0.29, 0.717) is 0 Å². The van der Waals surface area contributed by atoms with Crippen LogP contribution in [0.2, 0.25) is 0 Å². The van der Waals surface area contributed by atoms with Gasteiger partial charge in [0.1, 0.15) is 0 Å². The van der Waals surface area contributed by atoms with E-state index in [-0.39, 0.29) is 24.9 Å². The van der Waals surface area contributed by atoms with Crippen LogP contribution in [0.1, 0.15) is 51.0 Å². The van der Waals surface area contributed by atoms with Gasteiger partial charge < -0.3 is 15.1 Å². The Morgan fingerprint density at radius 3 is 2.52 bits per heavy atom. The quantitative estimate of drug-likeness (QED) is 0.747. The number of likely N-dealkylation sites (tertiary alicyclic amines) is 1. The average Bonchev–Trinajstić information content (AvgIpc) is 3.21. The van der Waals surface area contributed by atoms with E-state index in [2.05, 4.69) is 4.90 Å². The van der Waals surface area contributed by atoms with E-state index in [0.717, 1.165) is 60.1 Å². The molecule has 168 valence electrons. The Hall–Kier alpha value is -1.63. The van der Waals surface area contributed by atoms with Crippen molar-refractivity contribution < 1.29 is 10.2 Å². The highest BCUT2D eigenvalue weighted by Crippen LogP contribution is 2.71. The second kappa shape index (κ2) is 7.46. The van der Waals surface area contributed by atoms with Gasteiger partial charge in [-0.1, -0.05) is 12.1 Å². The number of rotatable bonds is 6. The minimum atomic E-state index is -0.921. The summed E-state index contributed by atoms with van der Waals surface area (Å²) in [6.07, 6.45) is 8.48. The van der Waals surface area contributed by atoms with Gasteiger partial charge in [-0.3, -0.25) is 9.13 Å². The third-order valence-corrected chi connectivity index (χ3v) is 9.27. The highest BCUT2D eigenvalue weighted by molar-refractivity contribution is 5.76. The van der Waals surface area contributed by atoms with E-state index in [1.807, 2.05) is 28.8 Å². The molecule has 1 aliphatic heterocycles. The van der Waals surface area contributed by atoms with Crippen LogP contribution in [-0.4, -0.2) is 56.6 Å². The van der Waals surface area contributed by atoms with Gasteiger partial charge in [0.05, 0.1) is 30.3 Å². The molecule has 3 aliphatic carbocycles. The molecular formula is C25H35N3O3. The zero-order valence-electron chi connectivity index (χ0n) is 18.3. The summed E-state index contributed by atoms with van der Waals surface area (Å²) in [6.45, 7) is 3.20. The van der Waals surface area contributed by atoms with Gasteiger partial charge in [-0.25, -0.2) is 4.79 Å². The maximum atomic E-state index is 13.3. The molecular weight excluding hydrogens is 390 g/mol. The summed E-state index contributed by atoms with van der Waals surface area (Å²) in [5, 5.41) is 19.2. The SMILES string of the molecule is O=c1n(C[C@@H](O)CO)c2ccccc2n1C1CCN(CC2C3CCC(C3)C23CC3)CC1. The highest BCUT2D eigenvalue weighted by Gasteiger charge is 2.63. The number of aliphatic hydroxyl groups excluding tert-OH is 2. The molecule has 0 radical (unpaired) electrons. The molecule has 2 N–H and O–H groups in total. The Morgan fingerprint density at radius 1 is 1.06 bits per heavy atom. The lowest BCUT2D eigenvalue weighted by Crippen LogP contribution is -2.42. The van der Waals surface area contributed by atoms with Crippen molar-refractivity contribution in [1.82, 2.24) is 14.0 Å². The molecule has 4 atom stereocenters. The van der Waals surface area contributed by atoms with Gasteiger partial charge in [0.25, 0.3) is 0 Å². The summed E-state index contributed by atoms with van der Waals surface area (Å²) < 4.78 is 3.59. The number of piperidine rings is 1. The summed E-state index contributed by atoms with van der Waals surface area (Å²) in [4.78, 5) is 16.0. The van der Waals surface area contributed by atoms with Crippen LogP contribution in [-0.2, 0) is 6.54 Å². The topological polar surface area (TPSA) is 70.6 Å². The third-order valence-electron chi connectivity index (χ3n) is 9.27. The Bertz CT molecular complexity index is 1010. The Morgan fingerprint density at radius 2 is 1.81 bits per heavy atom. The minimum absolute atomic E-state index is 0.0582. The van der Waals surface area contributed by atoms with Crippen molar-refractivity contribution >= 4 is 11.0 Å². The summed E-state index contributed by atoms with van der Waals surface area (Å²) in [7, 11) is 0. The predicted octanol–water partition coefficient (Wildman–Crippen LogP) is 2.62. The maximum absolute atomic E-state index is 13.3. The van der Waals surface area contributed by atoms with Crippen molar-refractivity contribution in [3.05, 3.63) is 34.7 Å². The first-order valence-corrected chi connectivity index (χ1v) is 12.3. The second-order valence-electron chi connectivity index (χ2n) is 10.7. The fourth-order valence-electron chi connectivity index (χ4n) is 7.60. The molecule has 4 aliphatic rings. The second-order valence-corrected chi connectivity index (χ2v) is 10.7. The van der Waals surface area contributed by atoms with E-state index in [1.165, 1.54) is 38.6 Å². The van der Waals surface area contributed by atoms with Crippen LogP contribution in [0.3, 0.4) is 0 Å². The number of imidazole rings is 1. The fourth-order valence-corrected chi connectivity index (χ4v) is 7.60.